The van der Waals surface area contributed by atoms with Gasteiger partial charge in [-0.15, -0.1) is 23.2 Å². The van der Waals surface area contributed by atoms with Crippen LogP contribution in [-0.2, 0) is 9.47 Å². The van der Waals surface area contributed by atoms with E-state index in [1.165, 1.54) is 0 Å². The van der Waals surface area contributed by atoms with Crippen molar-refractivity contribution in [2.45, 2.75) is 51.1 Å². The Labute approximate surface area is 108 Å². The minimum absolute atomic E-state index is 0.120. The molecule has 98 valence electrons. The third kappa shape index (κ3) is 4.38. The van der Waals surface area contributed by atoms with E-state index in [4.69, 9.17) is 32.7 Å². The van der Waals surface area contributed by atoms with Crippen molar-refractivity contribution < 1.29 is 14.6 Å². The third-order valence-corrected chi connectivity index (χ3v) is 3.41. The van der Waals surface area contributed by atoms with Crippen LogP contribution in [0.3, 0.4) is 0 Å². The molecule has 2 atom stereocenters. The Bertz CT molecular complexity index is 207. The second kappa shape index (κ2) is 6.41. The van der Waals surface area contributed by atoms with Crippen LogP contribution < -0.4 is 0 Å². The van der Waals surface area contributed by atoms with E-state index >= 15 is 0 Å². The van der Waals surface area contributed by atoms with E-state index in [1.54, 1.807) is 21.0 Å². The van der Waals surface area contributed by atoms with E-state index in [9.17, 15) is 5.11 Å². The number of aliphatic hydroxyl groups is 1. The lowest BCUT2D eigenvalue weighted by atomic mass is 9.98. The van der Waals surface area contributed by atoms with Gasteiger partial charge in [0.05, 0.1) is 29.1 Å². The second-order valence-corrected chi connectivity index (χ2v) is 5.46. The van der Waals surface area contributed by atoms with Gasteiger partial charge in [0.1, 0.15) is 6.10 Å². The van der Waals surface area contributed by atoms with Gasteiger partial charge >= 0.3 is 0 Å². The van der Waals surface area contributed by atoms with Crippen LogP contribution in [-0.4, -0.2) is 47.4 Å². The molecule has 0 bridgehead atoms. The summed E-state index contributed by atoms with van der Waals surface area (Å²) >= 11 is 11.5. The highest BCUT2D eigenvalue weighted by atomic mass is 35.5. The van der Waals surface area contributed by atoms with Crippen molar-refractivity contribution in [1.82, 2.24) is 0 Å². The van der Waals surface area contributed by atoms with E-state index in [0.717, 1.165) is 0 Å². The highest BCUT2D eigenvalue weighted by Crippen LogP contribution is 2.26. The summed E-state index contributed by atoms with van der Waals surface area (Å²) < 4.78 is 11.1. The summed E-state index contributed by atoms with van der Waals surface area (Å²) in [6.07, 6.45) is -1.06. The number of rotatable bonds is 7. The van der Waals surface area contributed by atoms with Gasteiger partial charge in [-0.05, 0) is 27.7 Å². The maximum Gasteiger partial charge on any atom is 0.100 e. The topological polar surface area (TPSA) is 38.7 Å². The molecule has 0 fully saturated rings. The van der Waals surface area contributed by atoms with Crippen molar-refractivity contribution in [2.75, 3.05) is 18.9 Å². The Morgan fingerprint density at radius 3 is 1.88 bits per heavy atom. The standard InChI is InChI=1S/C11H22Cl2O3/c1-10(2,8(14)6-12)16-9(7-13)11(3,4)15-5/h8-9,14H,6-7H2,1-5H3. The zero-order chi connectivity index (χ0) is 13.0. The molecule has 0 rings (SSSR count). The molecule has 0 radical (unpaired) electrons. The molecule has 2 unspecified atom stereocenters. The van der Waals surface area contributed by atoms with Crippen molar-refractivity contribution in [3.8, 4) is 0 Å². The third-order valence-electron chi connectivity index (χ3n) is 2.84. The molecule has 0 saturated heterocycles. The number of alkyl halides is 2. The van der Waals surface area contributed by atoms with Gasteiger partial charge in [0.15, 0.2) is 0 Å². The minimum atomic E-state index is -0.753. The van der Waals surface area contributed by atoms with Crippen molar-refractivity contribution in [1.29, 1.82) is 0 Å². The molecular formula is C11H22Cl2O3. The van der Waals surface area contributed by atoms with Crippen molar-refractivity contribution in [3.05, 3.63) is 0 Å². The molecule has 0 spiro atoms. The molecule has 1 N–H and O–H groups in total. The van der Waals surface area contributed by atoms with Crippen LogP contribution in [0.5, 0.6) is 0 Å². The summed E-state index contributed by atoms with van der Waals surface area (Å²) in [6.45, 7) is 7.35. The van der Waals surface area contributed by atoms with Crippen LogP contribution >= 0.6 is 23.2 Å². The Morgan fingerprint density at radius 1 is 1.06 bits per heavy atom. The Hall–Kier alpha value is 0.460. The van der Waals surface area contributed by atoms with Gasteiger partial charge in [-0.2, -0.15) is 0 Å². The van der Waals surface area contributed by atoms with Crippen LogP contribution in [0.15, 0.2) is 0 Å². The molecule has 0 aliphatic rings. The highest BCUT2D eigenvalue weighted by Gasteiger charge is 2.37. The first-order chi connectivity index (χ1) is 7.21. The summed E-state index contributed by atoms with van der Waals surface area (Å²) in [4.78, 5) is 0. The van der Waals surface area contributed by atoms with Gasteiger partial charge in [0.25, 0.3) is 0 Å². The number of aliphatic hydroxyl groups excluding tert-OH is 1. The first-order valence-electron chi connectivity index (χ1n) is 5.24. The quantitative estimate of drug-likeness (QED) is 0.724. The van der Waals surface area contributed by atoms with Gasteiger partial charge in [0.2, 0.25) is 0 Å². The van der Waals surface area contributed by atoms with Crippen LogP contribution in [0.4, 0.5) is 0 Å². The highest BCUT2D eigenvalue weighted by molar-refractivity contribution is 6.18. The smallest absolute Gasteiger partial charge is 0.100 e. The Balaban J connectivity index is 4.66. The SMILES string of the molecule is COC(C)(C)C(CCl)OC(C)(C)C(O)CCl. The molecule has 0 saturated carbocycles. The summed E-state index contributed by atoms with van der Waals surface area (Å²) in [5.41, 5.74) is -1.26. The molecule has 0 heterocycles. The predicted octanol–water partition coefficient (Wildman–Crippen LogP) is 2.41. The molecular weight excluding hydrogens is 251 g/mol. The normalized spacial score (nSPS) is 17.2. The summed E-state index contributed by atoms with van der Waals surface area (Å²) in [5.74, 6) is 0.411. The van der Waals surface area contributed by atoms with Gasteiger partial charge < -0.3 is 14.6 Å². The molecule has 3 nitrogen and oxygen atoms in total. The molecule has 0 aromatic heterocycles. The number of methoxy groups -OCH3 is 1. The van der Waals surface area contributed by atoms with Gasteiger partial charge in [-0.3, -0.25) is 0 Å². The number of hydrogen-bond acceptors (Lipinski definition) is 3. The Morgan fingerprint density at radius 2 is 1.56 bits per heavy atom. The molecule has 16 heavy (non-hydrogen) atoms. The first-order valence-corrected chi connectivity index (χ1v) is 6.31. The fourth-order valence-corrected chi connectivity index (χ4v) is 1.93. The average Bonchev–Trinajstić information content (AvgIpc) is 2.24. The number of ether oxygens (including phenoxy) is 2. The lowest BCUT2D eigenvalue weighted by Crippen LogP contribution is -2.50. The summed E-state index contributed by atoms with van der Waals surface area (Å²) in [6, 6.07) is 0. The fraction of sp³-hybridized carbons (Fsp3) is 1.00. The van der Waals surface area contributed by atoms with Crippen LogP contribution in [0.25, 0.3) is 0 Å². The second-order valence-electron chi connectivity index (χ2n) is 4.84. The molecule has 0 aromatic carbocycles. The van der Waals surface area contributed by atoms with E-state index < -0.39 is 17.3 Å². The van der Waals surface area contributed by atoms with E-state index in [1.807, 2.05) is 13.8 Å². The number of hydrogen-bond donors (Lipinski definition) is 1. The molecule has 0 aliphatic heterocycles. The first kappa shape index (κ1) is 16.5. The van der Waals surface area contributed by atoms with E-state index in [-0.39, 0.29) is 12.0 Å². The summed E-state index contributed by atoms with van der Waals surface area (Å²) in [5, 5.41) is 9.73. The van der Waals surface area contributed by atoms with Gasteiger partial charge in [-0.25, -0.2) is 0 Å². The minimum Gasteiger partial charge on any atom is -0.389 e. The maximum absolute atomic E-state index is 9.73. The lowest BCUT2D eigenvalue weighted by Gasteiger charge is -2.39. The predicted molar refractivity (Wildman–Crippen MR) is 67.5 cm³/mol. The zero-order valence-electron chi connectivity index (χ0n) is 10.6. The number of halogens is 2. The van der Waals surface area contributed by atoms with E-state index in [2.05, 4.69) is 0 Å². The molecule has 0 aliphatic carbocycles. The fourth-order valence-electron chi connectivity index (χ4n) is 1.12. The molecule has 0 amide bonds. The van der Waals surface area contributed by atoms with Crippen molar-refractivity contribution in [2.24, 2.45) is 0 Å². The van der Waals surface area contributed by atoms with Crippen LogP contribution in [0.1, 0.15) is 27.7 Å². The zero-order valence-corrected chi connectivity index (χ0v) is 12.1. The van der Waals surface area contributed by atoms with Crippen LogP contribution in [0, 0.1) is 0 Å². The lowest BCUT2D eigenvalue weighted by molar-refractivity contribution is -0.181. The molecule has 5 heteroatoms. The van der Waals surface area contributed by atoms with Crippen molar-refractivity contribution >= 4 is 23.2 Å². The largest absolute Gasteiger partial charge is 0.389 e. The Kier molecular flexibility index (Phi) is 6.59. The maximum atomic E-state index is 9.73. The van der Waals surface area contributed by atoms with Crippen LogP contribution in [0.2, 0.25) is 0 Å². The monoisotopic (exact) mass is 272 g/mol. The van der Waals surface area contributed by atoms with Gasteiger partial charge in [-0.1, -0.05) is 0 Å². The average molecular weight is 273 g/mol. The molecule has 0 aromatic rings. The summed E-state index contributed by atoms with van der Waals surface area (Å²) in [7, 11) is 1.61. The van der Waals surface area contributed by atoms with Crippen molar-refractivity contribution in [3.63, 3.8) is 0 Å². The van der Waals surface area contributed by atoms with Gasteiger partial charge in [0, 0.05) is 7.11 Å². The van der Waals surface area contributed by atoms with E-state index in [0.29, 0.717) is 5.88 Å².